The van der Waals surface area contributed by atoms with Crippen LogP contribution >= 0.6 is 0 Å². The summed E-state index contributed by atoms with van der Waals surface area (Å²) in [6.07, 6.45) is 1.49. The first-order valence-electron chi connectivity index (χ1n) is 5.82. The molecule has 19 heavy (non-hydrogen) atoms. The van der Waals surface area contributed by atoms with Gasteiger partial charge in [0.25, 0.3) is 0 Å². The summed E-state index contributed by atoms with van der Waals surface area (Å²) in [4.78, 5) is 0. The van der Waals surface area contributed by atoms with Crippen LogP contribution in [0.3, 0.4) is 0 Å². The second kappa shape index (κ2) is 5.40. The second-order valence-electron chi connectivity index (χ2n) is 4.22. The second-order valence-corrected chi connectivity index (χ2v) is 4.22. The summed E-state index contributed by atoms with van der Waals surface area (Å²) in [5.74, 6) is -0.480. The Morgan fingerprint density at radius 2 is 1.84 bits per heavy atom. The molecule has 1 aromatic heterocycles. The third-order valence-corrected chi connectivity index (χ3v) is 2.95. The van der Waals surface area contributed by atoms with E-state index >= 15 is 0 Å². The number of halogens is 2. The van der Waals surface area contributed by atoms with E-state index in [0.29, 0.717) is 11.3 Å². The average Bonchev–Trinajstić information content (AvgIpc) is 2.79. The summed E-state index contributed by atoms with van der Waals surface area (Å²) in [6.45, 7) is 1.77. The summed E-state index contributed by atoms with van der Waals surface area (Å²) < 4.78 is 38.1. The highest BCUT2D eigenvalue weighted by Crippen LogP contribution is 2.30. The third kappa shape index (κ3) is 2.61. The van der Waals surface area contributed by atoms with Gasteiger partial charge in [0.05, 0.1) is 19.4 Å². The van der Waals surface area contributed by atoms with Crippen molar-refractivity contribution in [3.63, 3.8) is 0 Å². The number of benzene rings is 1. The van der Waals surface area contributed by atoms with Crippen LogP contribution < -0.4 is 10.1 Å². The van der Waals surface area contributed by atoms with E-state index in [0.717, 1.165) is 12.1 Å². The van der Waals surface area contributed by atoms with Gasteiger partial charge in [0, 0.05) is 23.3 Å². The first-order chi connectivity index (χ1) is 9.06. The van der Waals surface area contributed by atoms with Crippen molar-refractivity contribution in [3.05, 3.63) is 53.0 Å². The lowest BCUT2D eigenvalue weighted by Gasteiger charge is -2.17. The van der Waals surface area contributed by atoms with Crippen LogP contribution in [0, 0.1) is 18.6 Å². The van der Waals surface area contributed by atoms with Crippen molar-refractivity contribution in [3.8, 4) is 5.75 Å². The average molecular weight is 267 g/mol. The molecule has 2 rings (SSSR count). The zero-order chi connectivity index (χ0) is 14.0. The molecule has 102 valence electrons. The van der Waals surface area contributed by atoms with Crippen molar-refractivity contribution in [1.29, 1.82) is 0 Å². The fraction of sp³-hybridized carbons (Fsp3) is 0.286. The number of furan rings is 1. The van der Waals surface area contributed by atoms with Gasteiger partial charge < -0.3 is 14.5 Å². The van der Waals surface area contributed by atoms with Crippen LogP contribution in [0.1, 0.15) is 22.9 Å². The van der Waals surface area contributed by atoms with Crippen molar-refractivity contribution < 1.29 is 17.9 Å². The smallest absolute Gasteiger partial charge is 0.134 e. The van der Waals surface area contributed by atoms with E-state index in [1.165, 1.54) is 13.4 Å². The number of aryl methyl sites for hydroxylation is 1. The Balaban J connectivity index is 2.49. The molecular formula is C14H15F2NO2. The Labute approximate surface area is 110 Å². The Kier molecular flexibility index (Phi) is 3.85. The van der Waals surface area contributed by atoms with Gasteiger partial charge in [-0.25, -0.2) is 8.78 Å². The van der Waals surface area contributed by atoms with Crippen molar-refractivity contribution in [2.24, 2.45) is 0 Å². The van der Waals surface area contributed by atoms with Gasteiger partial charge in [0.1, 0.15) is 23.1 Å². The lowest BCUT2D eigenvalue weighted by Crippen LogP contribution is -2.20. The minimum atomic E-state index is -0.657. The molecule has 0 saturated heterocycles. The molecular weight excluding hydrogens is 252 g/mol. The van der Waals surface area contributed by atoms with Crippen LogP contribution in [0.25, 0.3) is 0 Å². The Morgan fingerprint density at radius 3 is 2.26 bits per heavy atom. The maximum absolute atomic E-state index is 14.0. The van der Waals surface area contributed by atoms with E-state index in [-0.39, 0.29) is 11.3 Å². The van der Waals surface area contributed by atoms with Crippen LogP contribution in [-0.2, 0) is 0 Å². The minimum absolute atomic E-state index is 0.0518. The molecule has 1 atom stereocenters. The van der Waals surface area contributed by atoms with Gasteiger partial charge in [0.2, 0.25) is 0 Å². The van der Waals surface area contributed by atoms with Gasteiger partial charge in [-0.1, -0.05) is 0 Å². The number of nitrogens with one attached hydrogen (secondary N) is 1. The van der Waals surface area contributed by atoms with Crippen LogP contribution in [-0.4, -0.2) is 14.2 Å². The fourth-order valence-electron chi connectivity index (χ4n) is 2.05. The van der Waals surface area contributed by atoms with Crippen LogP contribution in [0.2, 0.25) is 0 Å². The van der Waals surface area contributed by atoms with E-state index in [4.69, 9.17) is 9.15 Å². The lowest BCUT2D eigenvalue weighted by atomic mass is 9.99. The van der Waals surface area contributed by atoms with Gasteiger partial charge in [-0.3, -0.25) is 0 Å². The number of hydrogen-bond acceptors (Lipinski definition) is 3. The maximum atomic E-state index is 14.0. The van der Waals surface area contributed by atoms with Crippen LogP contribution in [0.4, 0.5) is 8.78 Å². The van der Waals surface area contributed by atoms with Gasteiger partial charge in [0.15, 0.2) is 0 Å². The van der Waals surface area contributed by atoms with Gasteiger partial charge in [-0.2, -0.15) is 0 Å². The monoisotopic (exact) mass is 267 g/mol. The quantitative estimate of drug-likeness (QED) is 0.923. The molecule has 1 aromatic carbocycles. The van der Waals surface area contributed by atoms with Crippen molar-refractivity contribution in [2.45, 2.75) is 13.0 Å². The maximum Gasteiger partial charge on any atom is 0.134 e. The summed E-state index contributed by atoms with van der Waals surface area (Å²) in [6, 6.07) is 3.46. The zero-order valence-corrected chi connectivity index (χ0v) is 11.0. The summed E-state index contributed by atoms with van der Waals surface area (Å²) in [5.41, 5.74) is 0.618. The lowest BCUT2D eigenvalue weighted by molar-refractivity contribution is 0.403. The standard InChI is InChI=1S/C14H15F2NO2/c1-8-4-9(7-19-8)14(17-2)13-11(15)5-10(18-3)6-12(13)16/h4-7,14,17H,1-3H3. The molecule has 0 aliphatic heterocycles. The van der Waals surface area contributed by atoms with Crippen molar-refractivity contribution in [1.82, 2.24) is 5.32 Å². The zero-order valence-electron chi connectivity index (χ0n) is 11.0. The topological polar surface area (TPSA) is 34.4 Å². The molecule has 0 amide bonds. The normalized spacial score (nSPS) is 12.5. The molecule has 0 aliphatic rings. The highest BCUT2D eigenvalue weighted by molar-refractivity contribution is 5.37. The largest absolute Gasteiger partial charge is 0.497 e. The highest BCUT2D eigenvalue weighted by Gasteiger charge is 2.23. The van der Waals surface area contributed by atoms with E-state index in [9.17, 15) is 8.78 Å². The molecule has 0 fully saturated rings. The van der Waals surface area contributed by atoms with E-state index in [2.05, 4.69) is 5.32 Å². The van der Waals surface area contributed by atoms with Crippen LogP contribution in [0.5, 0.6) is 5.75 Å². The Hall–Kier alpha value is -1.88. The van der Waals surface area contributed by atoms with Crippen molar-refractivity contribution in [2.75, 3.05) is 14.2 Å². The summed E-state index contributed by atoms with van der Waals surface area (Å²) >= 11 is 0. The van der Waals surface area contributed by atoms with E-state index in [1.54, 1.807) is 20.0 Å². The van der Waals surface area contributed by atoms with E-state index in [1.807, 2.05) is 0 Å². The van der Waals surface area contributed by atoms with Gasteiger partial charge >= 0.3 is 0 Å². The predicted molar refractivity (Wildman–Crippen MR) is 67.3 cm³/mol. The molecule has 5 heteroatoms. The minimum Gasteiger partial charge on any atom is -0.497 e. The number of rotatable bonds is 4. The molecule has 3 nitrogen and oxygen atoms in total. The summed E-state index contributed by atoms with van der Waals surface area (Å²) in [7, 11) is 3.00. The molecule has 1 unspecified atom stereocenters. The number of hydrogen-bond donors (Lipinski definition) is 1. The molecule has 1 heterocycles. The molecule has 0 spiro atoms. The van der Waals surface area contributed by atoms with Crippen LogP contribution in [0.15, 0.2) is 28.9 Å². The third-order valence-electron chi connectivity index (χ3n) is 2.95. The van der Waals surface area contributed by atoms with Crippen molar-refractivity contribution >= 4 is 0 Å². The van der Waals surface area contributed by atoms with E-state index < -0.39 is 17.7 Å². The molecule has 0 saturated carbocycles. The number of methoxy groups -OCH3 is 1. The predicted octanol–water partition coefficient (Wildman–Crippen LogP) is 3.18. The highest BCUT2D eigenvalue weighted by atomic mass is 19.1. The first-order valence-corrected chi connectivity index (χ1v) is 5.82. The Bertz CT molecular complexity index is 558. The molecule has 1 N–H and O–H groups in total. The number of ether oxygens (including phenoxy) is 1. The molecule has 0 radical (unpaired) electrons. The SMILES string of the molecule is CNC(c1coc(C)c1)c1c(F)cc(OC)cc1F. The Morgan fingerprint density at radius 1 is 1.21 bits per heavy atom. The first kappa shape index (κ1) is 13.5. The summed E-state index contributed by atoms with van der Waals surface area (Å²) in [5, 5.41) is 2.89. The fourth-order valence-corrected chi connectivity index (χ4v) is 2.05. The molecule has 0 bridgehead atoms. The molecule has 0 aliphatic carbocycles. The van der Waals surface area contributed by atoms with Gasteiger partial charge in [-0.05, 0) is 20.0 Å². The molecule has 2 aromatic rings. The van der Waals surface area contributed by atoms with Gasteiger partial charge in [-0.15, -0.1) is 0 Å².